The molecule has 17 heavy (non-hydrogen) atoms. The summed E-state index contributed by atoms with van der Waals surface area (Å²) < 4.78 is 27.4. The maximum Gasteiger partial charge on any atom is 0.232 e. The molecule has 0 fully saturated rings. The molecule has 1 unspecified atom stereocenters. The number of ether oxygens (including phenoxy) is 1. The fourth-order valence-electron chi connectivity index (χ4n) is 1.48. The summed E-state index contributed by atoms with van der Waals surface area (Å²) in [6.07, 6.45) is 0. The molecule has 0 aliphatic heterocycles. The molecule has 0 heterocycles. The van der Waals surface area contributed by atoms with E-state index in [9.17, 15) is 8.42 Å². The summed E-state index contributed by atoms with van der Waals surface area (Å²) in [5.41, 5.74) is 2.15. The first-order chi connectivity index (χ1) is 7.78. The molecule has 0 spiro atoms. The Kier molecular flexibility index (Phi) is 4.83. The Morgan fingerprint density at radius 2 is 2.00 bits per heavy atom. The van der Waals surface area contributed by atoms with Crippen molar-refractivity contribution >= 4 is 19.7 Å². The second kappa shape index (κ2) is 5.74. The van der Waals surface area contributed by atoms with E-state index in [1.165, 1.54) is 0 Å². The molecule has 1 rings (SSSR count). The molecule has 1 aromatic carbocycles. The Hall–Kier alpha value is -0.740. The molecule has 96 valence electrons. The van der Waals surface area contributed by atoms with Gasteiger partial charge in [-0.05, 0) is 31.0 Å². The number of rotatable bonds is 5. The average Bonchev–Trinajstić information content (AvgIpc) is 2.17. The highest BCUT2D eigenvalue weighted by Crippen LogP contribution is 2.20. The summed E-state index contributed by atoms with van der Waals surface area (Å²) in [5.74, 6) is 0.598. The summed E-state index contributed by atoms with van der Waals surface area (Å²) >= 11 is 0. The number of halogens is 1. The Morgan fingerprint density at radius 3 is 2.59 bits per heavy atom. The Labute approximate surface area is 107 Å². The van der Waals surface area contributed by atoms with Crippen LogP contribution in [0, 0.1) is 19.8 Å². The first kappa shape index (κ1) is 14.3. The van der Waals surface area contributed by atoms with Crippen molar-refractivity contribution < 1.29 is 13.2 Å². The molecule has 0 aromatic heterocycles. The minimum Gasteiger partial charge on any atom is -0.493 e. The van der Waals surface area contributed by atoms with Crippen LogP contribution >= 0.6 is 10.7 Å². The van der Waals surface area contributed by atoms with Crippen molar-refractivity contribution in [1.29, 1.82) is 0 Å². The molecule has 0 aliphatic rings. The van der Waals surface area contributed by atoms with Crippen LogP contribution in [0.1, 0.15) is 18.1 Å². The van der Waals surface area contributed by atoms with E-state index in [-0.39, 0.29) is 11.7 Å². The van der Waals surface area contributed by atoms with E-state index in [2.05, 4.69) is 0 Å². The summed E-state index contributed by atoms with van der Waals surface area (Å²) in [5, 5.41) is 0. The van der Waals surface area contributed by atoms with Crippen LogP contribution in [0.3, 0.4) is 0 Å². The zero-order valence-electron chi connectivity index (χ0n) is 10.2. The van der Waals surface area contributed by atoms with Crippen LogP contribution in [-0.2, 0) is 9.05 Å². The standard InChI is InChI=1S/C12H17ClO3S/c1-9-4-5-11(3)12(6-9)16-7-10(2)8-17(13,14)15/h4-6,10H,7-8H2,1-3H3. The molecule has 0 bridgehead atoms. The van der Waals surface area contributed by atoms with Gasteiger partial charge in [-0.1, -0.05) is 19.1 Å². The van der Waals surface area contributed by atoms with Crippen molar-refractivity contribution in [2.24, 2.45) is 5.92 Å². The number of benzene rings is 1. The maximum atomic E-state index is 10.9. The molecule has 5 heteroatoms. The van der Waals surface area contributed by atoms with Gasteiger partial charge in [0.2, 0.25) is 9.05 Å². The van der Waals surface area contributed by atoms with Gasteiger partial charge in [-0.15, -0.1) is 0 Å². The average molecular weight is 277 g/mol. The molecule has 0 N–H and O–H groups in total. The smallest absolute Gasteiger partial charge is 0.232 e. The van der Waals surface area contributed by atoms with Crippen molar-refractivity contribution in [3.8, 4) is 5.75 Å². The Balaban J connectivity index is 2.58. The van der Waals surface area contributed by atoms with E-state index < -0.39 is 9.05 Å². The minimum absolute atomic E-state index is 0.0700. The third kappa shape index (κ3) is 5.41. The van der Waals surface area contributed by atoms with Crippen LogP contribution in [0.5, 0.6) is 5.75 Å². The van der Waals surface area contributed by atoms with Gasteiger partial charge in [0, 0.05) is 16.6 Å². The Morgan fingerprint density at radius 1 is 1.35 bits per heavy atom. The van der Waals surface area contributed by atoms with Gasteiger partial charge in [0.15, 0.2) is 0 Å². The van der Waals surface area contributed by atoms with Crippen molar-refractivity contribution in [3.05, 3.63) is 29.3 Å². The highest BCUT2D eigenvalue weighted by Gasteiger charge is 2.13. The molecule has 0 saturated carbocycles. The minimum atomic E-state index is -3.45. The van der Waals surface area contributed by atoms with Gasteiger partial charge < -0.3 is 4.74 Å². The lowest BCUT2D eigenvalue weighted by molar-refractivity contribution is 0.270. The lowest BCUT2D eigenvalue weighted by atomic mass is 10.1. The van der Waals surface area contributed by atoms with Crippen LogP contribution in [0.4, 0.5) is 0 Å². The van der Waals surface area contributed by atoms with Crippen molar-refractivity contribution in [1.82, 2.24) is 0 Å². The summed E-state index contributed by atoms with van der Waals surface area (Å²) in [6, 6.07) is 5.93. The first-order valence-electron chi connectivity index (χ1n) is 5.40. The summed E-state index contributed by atoms with van der Waals surface area (Å²) in [4.78, 5) is 0. The van der Waals surface area contributed by atoms with E-state index in [1.807, 2.05) is 32.0 Å². The third-order valence-corrected chi connectivity index (χ3v) is 3.70. The zero-order valence-corrected chi connectivity index (χ0v) is 11.8. The maximum absolute atomic E-state index is 10.9. The lowest BCUT2D eigenvalue weighted by Crippen LogP contribution is -2.16. The second-order valence-corrected chi connectivity index (χ2v) is 7.21. The van der Waals surface area contributed by atoms with E-state index in [1.54, 1.807) is 6.92 Å². The quantitative estimate of drug-likeness (QED) is 0.777. The molecule has 0 amide bonds. The fourth-order valence-corrected chi connectivity index (χ4v) is 2.90. The van der Waals surface area contributed by atoms with Gasteiger partial charge in [0.25, 0.3) is 0 Å². The predicted octanol–water partition coefficient (Wildman–Crippen LogP) is 2.89. The monoisotopic (exact) mass is 276 g/mol. The molecule has 3 nitrogen and oxygen atoms in total. The molecule has 0 radical (unpaired) electrons. The van der Waals surface area contributed by atoms with Crippen molar-refractivity contribution in [3.63, 3.8) is 0 Å². The highest BCUT2D eigenvalue weighted by atomic mass is 35.7. The van der Waals surface area contributed by atoms with Crippen LogP contribution < -0.4 is 4.74 Å². The van der Waals surface area contributed by atoms with Gasteiger partial charge in [-0.2, -0.15) is 0 Å². The molecule has 1 atom stereocenters. The topological polar surface area (TPSA) is 43.4 Å². The fraction of sp³-hybridized carbons (Fsp3) is 0.500. The van der Waals surface area contributed by atoms with Crippen molar-refractivity contribution in [2.45, 2.75) is 20.8 Å². The molecular formula is C12H17ClO3S. The predicted molar refractivity (Wildman–Crippen MR) is 70.2 cm³/mol. The van der Waals surface area contributed by atoms with Crippen LogP contribution in [-0.4, -0.2) is 20.8 Å². The molecule has 1 aromatic rings. The normalized spacial score (nSPS) is 13.4. The van der Waals surface area contributed by atoms with Crippen LogP contribution in [0.15, 0.2) is 18.2 Å². The summed E-state index contributed by atoms with van der Waals surface area (Å²) in [7, 11) is 1.73. The zero-order chi connectivity index (χ0) is 13.1. The third-order valence-electron chi connectivity index (χ3n) is 2.35. The van der Waals surface area contributed by atoms with Crippen molar-refractivity contribution in [2.75, 3.05) is 12.4 Å². The first-order valence-corrected chi connectivity index (χ1v) is 7.88. The van der Waals surface area contributed by atoms with Gasteiger partial charge in [-0.3, -0.25) is 0 Å². The number of hydrogen-bond donors (Lipinski definition) is 0. The molecule has 0 saturated heterocycles. The van der Waals surface area contributed by atoms with Crippen LogP contribution in [0.2, 0.25) is 0 Å². The Bertz CT molecular complexity index is 483. The molecular weight excluding hydrogens is 260 g/mol. The second-order valence-electron chi connectivity index (χ2n) is 4.39. The summed E-state index contributed by atoms with van der Waals surface area (Å²) in [6.45, 7) is 6.08. The SMILES string of the molecule is Cc1ccc(C)c(OCC(C)CS(=O)(=O)Cl)c1. The van der Waals surface area contributed by atoms with E-state index >= 15 is 0 Å². The van der Waals surface area contributed by atoms with Gasteiger partial charge in [0.05, 0.1) is 12.4 Å². The number of hydrogen-bond acceptors (Lipinski definition) is 3. The number of aryl methyl sites for hydroxylation is 2. The van der Waals surface area contributed by atoms with E-state index in [0.29, 0.717) is 6.61 Å². The molecule has 0 aliphatic carbocycles. The van der Waals surface area contributed by atoms with Gasteiger partial charge in [0.1, 0.15) is 5.75 Å². The van der Waals surface area contributed by atoms with E-state index in [4.69, 9.17) is 15.4 Å². The van der Waals surface area contributed by atoms with Gasteiger partial charge in [-0.25, -0.2) is 8.42 Å². The lowest BCUT2D eigenvalue weighted by Gasteiger charge is -2.13. The highest BCUT2D eigenvalue weighted by molar-refractivity contribution is 8.13. The van der Waals surface area contributed by atoms with E-state index in [0.717, 1.165) is 16.9 Å². The van der Waals surface area contributed by atoms with Gasteiger partial charge >= 0.3 is 0 Å². The van der Waals surface area contributed by atoms with Crippen LogP contribution in [0.25, 0.3) is 0 Å². The largest absolute Gasteiger partial charge is 0.493 e.